The smallest absolute Gasteiger partial charge is 0.261 e. The topological polar surface area (TPSA) is 92.5 Å². The van der Waals surface area contributed by atoms with E-state index in [1.807, 2.05) is 0 Å². The minimum atomic E-state index is -0.397. The van der Waals surface area contributed by atoms with Gasteiger partial charge in [-0.2, -0.15) is 0 Å². The molecule has 1 unspecified atom stereocenters. The summed E-state index contributed by atoms with van der Waals surface area (Å²) >= 11 is 0. The van der Waals surface area contributed by atoms with Gasteiger partial charge in [0.05, 0.1) is 17.2 Å². The molecule has 3 rings (SSSR count). The van der Waals surface area contributed by atoms with Gasteiger partial charge >= 0.3 is 0 Å². The lowest BCUT2D eigenvalue weighted by Crippen LogP contribution is -2.41. The van der Waals surface area contributed by atoms with E-state index in [9.17, 15) is 14.4 Å². The number of benzene rings is 1. The summed E-state index contributed by atoms with van der Waals surface area (Å²) in [5, 5.41) is 2.62. The summed E-state index contributed by atoms with van der Waals surface area (Å²) in [6.07, 6.45) is 0.168. The zero-order valence-corrected chi connectivity index (χ0v) is 9.47. The monoisotopic (exact) mass is 245 g/mol. The average Bonchev–Trinajstić information content (AvgIpc) is 2.84. The molecule has 0 aliphatic carbocycles. The number of rotatable bonds is 1. The molecule has 3 N–H and O–H groups in total. The van der Waals surface area contributed by atoms with Gasteiger partial charge in [-0.1, -0.05) is 0 Å². The van der Waals surface area contributed by atoms with Crippen LogP contribution in [0.5, 0.6) is 0 Å². The second-order valence-electron chi connectivity index (χ2n) is 4.45. The first-order chi connectivity index (χ1) is 8.58. The second-order valence-corrected chi connectivity index (χ2v) is 4.45. The molecule has 3 amide bonds. The molecule has 1 saturated heterocycles. The number of nitrogens with zero attached hydrogens (tertiary/aromatic N) is 1. The molecular weight excluding hydrogens is 234 g/mol. The number of carbonyl (C=O) groups is 3. The van der Waals surface area contributed by atoms with Crippen LogP contribution in [0, 0.1) is 0 Å². The molecule has 6 heteroatoms. The number of anilines is 1. The van der Waals surface area contributed by atoms with E-state index in [0.29, 0.717) is 23.4 Å². The van der Waals surface area contributed by atoms with Crippen molar-refractivity contribution in [1.82, 2.24) is 10.2 Å². The van der Waals surface area contributed by atoms with Crippen LogP contribution in [0.15, 0.2) is 18.2 Å². The number of nitrogens with two attached hydrogens (primary N) is 1. The second kappa shape index (κ2) is 3.56. The van der Waals surface area contributed by atoms with Crippen molar-refractivity contribution in [2.75, 3.05) is 12.3 Å². The molecule has 1 aromatic carbocycles. The lowest BCUT2D eigenvalue weighted by atomic mass is 10.1. The maximum atomic E-state index is 12.2. The average molecular weight is 245 g/mol. The minimum Gasteiger partial charge on any atom is -0.399 e. The molecule has 2 heterocycles. The summed E-state index contributed by atoms with van der Waals surface area (Å²) in [7, 11) is 0. The number of nitrogens with one attached hydrogen (secondary N) is 1. The summed E-state index contributed by atoms with van der Waals surface area (Å²) in [6, 6.07) is 4.24. The molecule has 1 aromatic rings. The summed E-state index contributed by atoms with van der Waals surface area (Å²) in [5.74, 6) is -0.864. The molecule has 0 radical (unpaired) electrons. The van der Waals surface area contributed by atoms with Crippen LogP contribution in [0.4, 0.5) is 5.69 Å². The maximum Gasteiger partial charge on any atom is 0.261 e. The first-order valence-electron chi connectivity index (χ1n) is 5.62. The van der Waals surface area contributed by atoms with Gasteiger partial charge in [0, 0.05) is 18.7 Å². The lowest BCUT2D eigenvalue weighted by Gasteiger charge is -2.19. The Labute approximate surface area is 103 Å². The van der Waals surface area contributed by atoms with E-state index in [1.54, 1.807) is 12.1 Å². The van der Waals surface area contributed by atoms with E-state index < -0.39 is 6.04 Å². The van der Waals surface area contributed by atoms with Crippen LogP contribution in [0.25, 0.3) is 0 Å². The molecular formula is C12H11N3O3. The third kappa shape index (κ3) is 1.38. The highest BCUT2D eigenvalue weighted by atomic mass is 16.2. The predicted molar refractivity (Wildman–Crippen MR) is 62.8 cm³/mol. The van der Waals surface area contributed by atoms with Crippen LogP contribution in [-0.4, -0.2) is 35.2 Å². The summed E-state index contributed by atoms with van der Waals surface area (Å²) in [4.78, 5) is 36.6. The maximum absolute atomic E-state index is 12.2. The molecule has 0 saturated carbocycles. The molecule has 0 spiro atoms. The van der Waals surface area contributed by atoms with Crippen molar-refractivity contribution in [3.63, 3.8) is 0 Å². The predicted octanol–water partition coefficient (Wildman–Crippen LogP) is -0.247. The van der Waals surface area contributed by atoms with Crippen LogP contribution in [-0.2, 0) is 4.79 Å². The van der Waals surface area contributed by atoms with Gasteiger partial charge in [0.25, 0.3) is 11.8 Å². The largest absolute Gasteiger partial charge is 0.399 e. The van der Waals surface area contributed by atoms with Gasteiger partial charge < -0.3 is 11.1 Å². The molecule has 6 nitrogen and oxygen atoms in total. The Hall–Kier alpha value is -2.37. The van der Waals surface area contributed by atoms with Gasteiger partial charge in [-0.05, 0) is 18.2 Å². The molecule has 2 aliphatic rings. The van der Waals surface area contributed by atoms with Crippen molar-refractivity contribution in [3.05, 3.63) is 29.3 Å². The molecule has 0 aromatic heterocycles. The van der Waals surface area contributed by atoms with E-state index in [1.165, 1.54) is 6.07 Å². The number of fused-ring (bicyclic) bond motifs is 1. The van der Waals surface area contributed by atoms with Gasteiger partial charge in [0.2, 0.25) is 5.91 Å². The van der Waals surface area contributed by atoms with Gasteiger partial charge in [-0.3, -0.25) is 19.3 Å². The highest BCUT2D eigenvalue weighted by molar-refractivity contribution is 6.22. The molecule has 0 bridgehead atoms. The standard InChI is InChI=1S/C12H11N3O3/c13-6-1-2-8-9(3-6)12(18)15(11(8)17)7-4-10(16)14-5-7/h1-3,7H,4-5,13H2,(H,14,16). The number of hydrogen-bond acceptors (Lipinski definition) is 4. The number of nitrogen functional groups attached to an aromatic ring is 1. The first kappa shape index (κ1) is 10.8. The Kier molecular flexibility index (Phi) is 2.13. The number of amides is 3. The van der Waals surface area contributed by atoms with E-state index in [4.69, 9.17) is 5.73 Å². The summed E-state index contributed by atoms with van der Waals surface area (Å²) in [5.41, 5.74) is 6.73. The molecule has 1 fully saturated rings. The summed E-state index contributed by atoms with van der Waals surface area (Å²) < 4.78 is 0. The fraction of sp³-hybridized carbons (Fsp3) is 0.250. The first-order valence-corrected chi connectivity index (χ1v) is 5.62. The molecule has 92 valence electrons. The van der Waals surface area contributed by atoms with E-state index in [0.717, 1.165) is 4.90 Å². The van der Waals surface area contributed by atoms with Crippen molar-refractivity contribution in [2.45, 2.75) is 12.5 Å². The van der Waals surface area contributed by atoms with Crippen molar-refractivity contribution >= 4 is 23.4 Å². The van der Waals surface area contributed by atoms with E-state index >= 15 is 0 Å². The van der Waals surface area contributed by atoms with Gasteiger partial charge in [0.15, 0.2) is 0 Å². The van der Waals surface area contributed by atoms with Crippen molar-refractivity contribution in [1.29, 1.82) is 0 Å². The fourth-order valence-corrected chi connectivity index (χ4v) is 2.38. The van der Waals surface area contributed by atoms with Crippen molar-refractivity contribution in [2.24, 2.45) is 0 Å². The van der Waals surface area contributed by atoms with Crippen LogP contribution in [0.1, 0.15) is 27.1 Å². The highest BCUT2D eigenvalue weighted by Crippen LogP contribution is 2.28. The zero-order valence-electron chi connectivity index (χ0n) is 9.47. The minimum absolute atomic E-state index is 0.143. The van der Waals surface area contributed by atoms with Crippen molar-refractivity contribution in [3.8, 4) is 0 Å². The normalized spacial score (nSPS) is 22.3. The van der Waals surface area contributed by atoms with Gasteiger partial charge in [0.1, 0.15) is 0 Å². The zero-order chi connectivity index (χ0) is 12.9. The Morgan fingerprint density at radius 2 is 1.89 bits per heavy atom. The molecule has 18 heavy (non-hydrogen) atoms. The number of carbonyl (C=O) groups excluding carboxylic acids is 3. The van der Waals surface area contributed by atoms with Crippen molar-refractivity contribution < 1.29 is 14.4 Å². The molecule has 2 aliphatic heterocycles. The third-order valence-corrected chi connectivity index (χ3v) is 3.26. The van der Waals surface area contributed by atoms with Crippen LogP contribution in [0.3, 0.4) is 0 Å². The Bertz CT molecular complexity index is 582. The van der Waals surface area contributed by atoms with Crippen LogP contribution >= 0.6 is 0 Å². The van der Waals surface area contributed by atoms with Crippen LogP contribution < -0.4 is 11.1 Å². The fourth-order valence-electron chi connectivity index (χ4n) is 2.38. The number of hydrogen-bond donors (Lipinski definition) is 2. The Morgan fingerprint density at radius 3 is 2.56 bits per heavy atom. The van der Waals surface area contributed by atoms with Gasteiger partial charge in [-0.15, -0.1) is 0 Å². The van der Waals surface area contributed by atoms with Crippen LogP contribution in [0.2, 0.25) is 0 Å². The van der Waals surface area contributed by atoms with E-state index in [-0.39, 0.29) is 24.1 Å². The van der Waals surface area contributed by atoms with Gasteiger partial charge in [-0.25, -0.2) is 0 Å². The third-order valence-electron chi connectivity index (χ3n) is 3.26. The lowest BCUT2D eigenvalue weighted by molar-refractivity contribution is -0.119. The SMILES string of the molecule is Nc1ccc2c(c1)C(=O)N(C1CNC(=O)C1)C2=O. The Morgan fingerprint density at radius 1 is 1.17 bits per heavy atom. The summed E-state index contributed by atoms with van der Waals surface area (Å²) in [6.45, 7) is 0.319. The van der Waals surface area contributed by atoms with E-state index in [2.05, 4.69) is 5.32 Å². The highest BCUT2D eigenvalue weighted by Gasteiger charge is 2.42. The Balaban J connectivity index is 1.99. The number of imide groups is 1. The molecule has 1 atom stereocenters. The quantitative estimate of drug-likeness (QED) is 0.527.